The number of nitrogens with one attached hydrogen (secondary N) is 1. The molecule has 0 spiro atoms. The molecule has 0 aromatic rings. The van der Waals surface area contributed by atoms with Gasteiger partial charge in [0.05, 0.1) is 0 Å². The van der Waals surface area contributed by atoms with Crippen molar-refractivity contribution in [3.05, 3.63) is 0 Å². The van der Waals surface area contributed by atoms with Crippen molar-refractivity contribution >= 4 is 11.9 Å². The molecule has 0 aliphatic heterocycles. The first-order valence-corrected chi connectivity index (χ1v) is 6.80. The average molecular weight is 273 g/mol. The standard InChI is InChI=1S/C14H27NO4/c1-6-14(4,19-5)13(18)15-9-11(7-10(2)3)8-12(16)17/h10-11H,6-9H2,1-5H3,(H,15,18)(H,16,17). The van der Waals surface area contributed by atoms with Crippen LogP contribution in [0.4, 0.5) is 0 Å². The largest absolute Gasteiger partial charge is 0.481 e. The molecule has 112 valence electrons. The van der Waals surface area contributed by atoms with Crippen LogP contribution in [-0.4, -0.2) is 36.2 Å². The van der Waals surface area contributed by atoms with Gasteiger partial charge in [0.1, 0.15) is 5.60 Å². The second kappa shape index (κ2) is 8.15. The van der Waals surface area contributed by atoms with Crippen molar-refractivity contribution in [1.29, 1.82) is 0 Å². The molecule has 1 amide bonds. The molecule has 0 aliphatic rings. The highest BCUT2D eigenvalue weighted by atomic mass is 16.5. The van der Waals surface area contributed by atoms with Crippen molar-refractivity contribution < 1.29 is 19.4 Å². The smallest absolute Gasteiger partial charge is 0.303 e. The topological polar surface area (TPSA) is 75.6 Å². The Balaban J connectivity index is 4.45. The molecule has 0 heterocycles. The summed E-state index contributed by atoms with van der Waals surface area (Å²) in [4.78, 5) is 22.8. The van der Waals surface area contributed by atoms with E-state index in [9.17, 15) is 9.59 Å². The van der Waals surface area contributed by atoms with Gasteiger partial charge in [-0.3, -0.25) is 9.59 Å². The first-order chi connectivity index (χ1) is 8.75. The van der Waals surface area contributed by atoms with Crippen LogP contribution in [0.3, 0.4) is 0 Å². The Bertz CT molecular complexity index is 298. The summed E-state index contributed by atoms with van der Waals surface area (Å²) < 4.78 is 5.21. The van der Waals surface area contributed by atoms with Gasteiger partial charge in [-0.1, -0.05) is 20.8 Å². The molecule has 2 atom stereocenters. The van der Waals surface area contributed by atoms with Crippen molar-refractivity contribution in [1.82, 2.24) is 5.32 Å². The molecule has 0 aromatic heterocycles. The summed E-state index contributed by atoms with van der Waals surface area (Å²) >= 11 is 0. The third-order valence-electron chi connectivity index (χ3n) is 3.42. The third-order valence-corrected chi connectivity index (χ3v) is 3.42. The van der Waals surface area contributed by atoms with Gasteiger partial charge in [-0.05, 0) is 31.6 Å². The van der Waals surface area contributed by atoms with Gasteiger partial charge in [0.15, 0.2) is 0 Å². The third kappa shape index (κ3) is 6.57. The minimum Gasteiger partial charge on any atom is -0.481 e. The number of aliphatic carboxylic acids is 1. The fraction of sp³-hybridized carbons (Fsp3) is 0.857. The molecule has 19 heavy (non-hydrogen) atoms. The number of carbonyl (C=O) groups excluding carboxylic acids is 1. The molecule has 0 aromatic carbocycles. The molecule has 0 saturated heterocycles. The maximum absolute atomic E-state index is 12.0. The maximum atomic E-state index is 12.0. The van der Waals surface area contributed by atoms with Gasteiger partial charge in [-0.2, -0.15) is 0 Å². The highest BCUT2D eigenvalue weighted by Crippen LogP contribution is 2.17. The van der Waals surface area contributed by atoms with Gasteiger partial charge >= 0.3 is 5.97 Å². The van der Waals surface area contributed by atoms with Gasteiger partial charge in [-0.25, -0.2) is 0 Å². The van der Waals surface area contributed by atoms with Gasteiger partial charge in [0.2, 0.25) is 0 Å². The van der Waals surface area contributed by atoms with E-state index in [4.69, 9.17) is 9.84 Å². The number of hydrogen-bond acceptors (Lipinski definition) is 3. The summed E-state index contributed by atoms with van der Waals surface area (Å²) in [5.74, 6) is -0.651. The molecule has 2 unspecified atom stereocenters. The predicted octanol–water partition coefficient (Wildman–Crippen LogP) is 2.05. The van der Waals surface area contributed by atoms with Gasteiger partial charge in [0, 0.05) is 20.1 Å². The second-order valence-corrected chi connectivity index (χ2v) is 5.59. The molecule has 5 nitrogen and oxygen atoms in total. The second-order valence-electron chi connectivity index (χ2n) is 5.59. The van der Waals surface area contributed by atoms with E-state index in [1.165, 1.54) is 7.11 Å². The summed E-state index contributed by atoms with van der Waals surface area (Å²) in [7, 11) is 1.51. The van der Waals surface area contributed by atoms with Crippen LogP contribution in [0, 0.1) is 11.8 Å². The number of methoxy groups -OCH3 is 1. The average Bonchev–Trinajstić information content (AvgIpc) is 2.33. The fourth-order valence-corrected chi connectivity index (χ4v) is 1.97. The van der Waals surface area contributed by atoms with Crippen LogP contribution < -0.4 is 5.32 Å². The lowest BCUT2D eigenvalue weighted by Crippen LogP contribution is -2.47. The predicted molar refractivity (Wildman–Crippen MR) is 73.9 cm³/mol. The van der Waals surface area contributed by atoms with Crippen molar-refractivity contribution in [3.8, 4) is 0 Å². The molecule has 0 bridgehead atoms. The molecular formula is C14H27NO4. The summed E-state index contributed by atoms with van der Waals surface area (Å²) in [6, 6.07) is 0. The number of carboxylic acid groups (broad SMARTS) is 1. The van der Waals surface area contributed by atoms with Crippen LogP contribution in [0.15, 0.2) is 0 Å². The molecule has 0 radical (unpaired) electrons. The molecular weight excluding hydrogens is 246 g/mol. The quantitative estimate of drug-likeness (QED) is 0.674. The Morgan fingerprint density at radius 3 is 2.32 bits per heavy atom. The molecule has 5 heteroatoms. The Hall–Kier alpha value is -1.10. The number of hydrogen-bond donors (Lipinski definition) is 2. The van der Waals surface area contributed by atoms with Crippen LogP contribution >= 0.6 is 0 Å². The van der Waals surface area contributed by atoms with Gasteiger partial charge in [0.25, 0.3) is 5.91 Å². The number of ether oxygens (including phenoxy) is 1. The van der Waals surface area contributed by atoms with Crippen molar-refractivity contribution in [2.24, 2.45) is 11.8 Å². The van der Waals surface area contributed by atoms with E-state index in [1.807, 2.05) is 20.8 Å². The first kappa shape index (κ1) is 17.9. The Kier molecular flexibility index (Phi) is 7.68. The molecule has 0 saturated carbocycles. The summed E-state index contributed by atoms with van der Waals surface area (Å²) in [6.07, 6.45) is 1.43. The van der Waals surface area contributed by atoms with E-state index in [-0.39, 0.29) is 18.2 Å². The molecule has 0 aliphatic carbocycles. The minimum absolute atomic E-state index is 0.0422. The lowest BCUT2D eigenvalue weighted by atomic mass is 9.93. The van der Waals surface area contributed by atoms with E-state index in [2.05, 4.69) is 5.32 Å². The zero-order chi connectivity index (χ0) is 15.1. The van der Waals surface area contributed by atoms with E-state index >= 15 is 0 Å². The van der Waals surface area contributed by atoms with Gasteiger partial charge < -0.3 is 15.2 Å². The summed E-state index contributed by atoms with van der Waals surface area (Å²) in [5.41, 5.74) is -0.842. The molecule has 2 N–H and O–H groups in total. The van der Waals surface area contributed by atoms with E-state index in [1.54, 1.807) is 6.92 Å². The highest BCUT2D eigenvalue weighted by Gasteiger charge is 2.31. The monoisotopic (exact) mass is 273 g/mol. The number of rotatable bonds is 9. The van der Waals surface area contributed by atoms with Crippen molar-refractivity contribution in [2.45, 2.75) is 52.6 Å². The lowest BCUT2D eigenvalue weighted by molar-refractivity contribution is -0.143. The number of carboxylic acids is 1. The Morgan fingerprint density at radius 1 is 1.37 bits per heavy atom. The zero-order valence-electron chi connectivity index (χ0n) is 12.7. The zero-order valence-corrected chi connectivity index (χ0v) is 12.7. The Morgan fingerprint density at radius 2 is 1.95 bits per heavy atom. The minimum atomic E-state index is -0.842. The van der Waals surface area contributed by atoms with Crippen LogP contribution in [0.25, 0.3) is 0 Å². The van der Waals surface area contributed by atoms with Gasteiger partial charge in [-0.15, -0.1) is 0 Å². The fourth-order valence-electron chi connectivity index (χ4n) is 1.97. The van der Waals surface area contributed by atoms with Crippen LogP contribution in [0.2, 0.25) is 0 Å². The summed E-state index contributed by atoms with van der Waals surface area (Å²) in [6.45, 7) is 8.08. The lowest BCUT2D eigenvalue weighted by Gasteiger charge is -2.27. The van der Waals surface area contributed by atoms with Crippen LogP contribution in [0.5, 0.6) is 0 Å². The van der Waals surface area contributed by atoms with Crippen LogP contribution in [0.1, 0.15) is 47.0 Å². The highest BCUT2D eigenvalue weighted by molar-refractivity contribution is 5.84. The molecule has 0 rings (SSSR count). The normalized spacial score (nSPS) is 15.9. The number of amides is 1. The SMILES string of the molecule is CCC(C)(OC)C(=O)NCC(CC(=O)O)CC(C)C. The van der Waals surface area contributed by atoms with E-state index in [0.29, 0.717) is 18.9 Å². The first-order valence-electron chi connectivity index (χ1n) is 6.80. The van der Waals surface area contributed by atoms with E-state index in [0.717, 1.165) is 6.42 Å². The molecule has 0 fully saturated rings. The maximum Gasteiger partial charge on any atom is 0.303 e. The summed E-state index contributed by atoms with van der Waals surface area (Å²) in [5, 5.41) is 11.7. The van der Waals surface area contributed by atoms with Crippen LogP contribution in [-0.2, 0) is 14.3 Å². The number of carbonyl (C=O) groups is 2. The van der Waals surface area contributed by atoms with Crippen molar-refractivity contribution in [3.63, 3.8) is 0 Å². The van der Waals surface area contributed by atoms with Crippen molar-refractivity contribution in [2.75, 3.05) is 13.7 Å². The van der Waals surface area contributed by atoms with E-state index < -0.39 is 11.6 Å². The Labute approximate surface area is 115 Å².